The zero-order valence-corrected chi connectivity index (χ0v) is 7.69. The van der Waals surface area contributed by atoms with Gasteiger partial charge < -0.3 is 0 Å². The van der Waals surface area contributed by atoms with E-state index in [0.29, 0.717) is 0 Å². The van der Waals surface area contributed by atoms with Crippen LogP contribution in [0.1, 0.15) is 39.5 Å². The summed E-state index contributed by atoms with van der Waals surface area (Å²) in [5.41, 5.74) is 2.91. The Hall–Kier alpha value is -0.520. The zero-order chi connectivity index (χ0) is 8.27. The lowest BCUT2D eigenvalue weighted by molar-refractivity contribution is 0.462. The zero-order valence-electron chi connectivity index (χ0n) is 7.69. The molecule has 0 radical (unpaired) electrons. The van der Waals surface area contributed by atoms with Crippen LogP contribution in [0.2, 0.25) is 0 Å². The molecule has 0 saturated heterocycles. The highest BCUT2D eigenvalue weighted by Gasteiger charge is 2.12. The third kappa shape index (κ3) is 2.92. The molecule has 0 aliphatic heterocycles. The van der Waals surface area contributed by atoms with E-state index in [9.17, 15) is 0 Å². The minimum absolute atomic E-state index is 0.887. The summed E-state index contributed by atoms with van der Waals surface area (Å²) in [4.78, 5) is 0. The maximum absolute atomic E-state index is 3.95. The van der Waals surface area contributed by atoms with Crippen LogP contribution in [-0.4, -0.2) is 0 Å². The van der Waals surface area contributed by atoms with Gasteiger partial charge in [-0.2, -0.15) is 0 Å². The predicted molar refractivity (Wildman–Crippen MR) is 50.5 cm³/mol. The molecule has 0 heteroatoms. The van der Waals surface area contributed by atoms with Gasteiger partial charge in [-0.1, -0.05) is 17.2 Å². The van der Waals surface area contributed by atoms with Crippen LogP contribution >= 0.6 is 0 Å². The molecule has 0 saturated carbocycles. The minimum Gasteiger partial charge on any atom is -0.100 e. The van der Waals surface area contributed by atoms with Crippen molar-refractivity contribution in [3.8, 4) is 0 Å². The van der Waals surface area contributed by atoms with E-state index >= 15 is 0 Å². The molecule has 1 aliphatic carbocycles. The van der Waals surface area contributed by atoms with Crippen LogP contribution in [0.5, 0.6) is 0 Å². The fourth-order valence-corrected chi connectivity index (χ4v) is 1.87. The molecule has 0 N–H and O–H groups in total. The van der Waals surface area contributed by atoms with Gasteiger partial charge in [0.1, 0.15) is 0 Å². The lowest BCUT2D eigenvalue weighted by Crippen LogP contribution is -2.05. The monoisotopic (exact) mass is 150 g/mol. The van der Waals surface area contributed by atoms with Crippen molar-refractivity contribution in [3.63, 3.8) is 0 Å². The third-order valence-electron chi connectivity index (χ3n) is 2.32. The second-order valence-corrected chi connectivity index (χ2v) is 3.86. The van der Waals surface area contributed by atoms with Crippen LogP contribution in [-0.2, 0) is 0 Å². The highest BCUT2D eigenvalue weighted by atomic mass is 14.2. The van der Waals surface area contributed by atoms with Crippen LogP contribution < -0.4 is 0 Å². The summed E-state index contributed by atoms with van der Waals surface area (Å²) in [5.74, 6) is 0.887. The van der Waals surface area contributed by atoms with Crippen LogP contribution in [0.25, 0.3) is 0 Å². The van der Waals surface area contributed by atoms with E-state index in [2.05, 4.69) is 26.5 Å². The van der Waals surface area contributed by atoms with Gasteiger partial charge in [0, 0.05) is 0 Å². The molecule has 0 amide bonds. The van der Waals surface area contributed by atoms with Crippen molar-refractivity contribution >= 4 is 0 Å². The fraction of sp³-hybridized carbons (Fsp3) is 0.636. The molecule has 62 valence electrons. The minimum atomic E-state index is 0.887. The van der Waals surface area contributed by atoms with Gasteiger partial charge in [0.15, 0.2) is 0 Å². The molecule has 1 rings (SSSR count). The van der Waals surface area contributed by atoms with E-state index in [1.54, 1.807) is 5.57 Å². The van der Waals surface area contributed by atoms with Crippen molar-refractivity contribution < 1.29 is 0 Å². The summed E-state index contributed by atoms with van der Waals surface area (Å²) in [5, 5.41) is 0. The SMILES string of the molecule is C=C(C)C[C@@H]1CCC=C(C)C1. The van der Waals surface area contributed by atoms with Gasteiger partial charge in [-0.05, 0) is 45.4 Å². The van der Waals surface area contributed by atoms with Gasteiger partial charge in [-0.25, -0.2) is 0 Å². The fourth-order valence-electron chi connectivity index (χ4n) is 1.87. The molecule has 0 fully saturated rings. The Morgan fingerprint density at radius 2 is 2.45 bits per heavy atom. The van der Waals surface area contributed by atoms with Crippen molar-refractivity contribution in [1.82, 2.24) is 0 Å². The second-order valence-electron chi connectivity index (χ2n) is 3.86. The summed E-state index contributed by atoms with van der Waals surface area (Å²) >= 11 is 0. The van der Waals surface area contributed by atoms with Crippen LogP contribution in [0.4, 0.5) is 0 Å². The molecule has 1 aliphatic rings. The van der Waals surface area contributed by atoms with E-state index in [1.165, 1.54) is 31.3 Å². The van der Waals surface area contributed by atoms with Crippen molar-refractivity contribution in [2.24, 2.45) is 5.92 Å². The number of hydrogen-bond donors (Lipinski definition) is 0. The standard InChI is InChI=1S/C11H18/c1-9(2)7-11-6-4-5-10(3)8-11/h5,11H,1,4,6-8H2,2-3H3/t11-/m0/s1. The molecule has 0 aromatic heterocycles. The van der Waals surface area contributed by atoms with Gasteiger partial charge in [0.25, 0.3) is 0 Å². The Labute approximate surface area is 70.0 Å². The van der Waals surface area contributed by atoms with Gasteiger partial charge in [0.2, 0.25) is 0 Å². The molecule has 1 atom stereocenters. The molecular formula is C11H18. The van der Waals surface area contributed by atoms with E-state index in [0.717, 1.165) is 5.92 Å². The largest absolute Gasteiger partial charge is 0.100 e. The molecule has 0 aromatic carbocycles. The van der Waals surface area contributed by atoms with Gasteiger partial charge in [-0.15, -0.1) is 6.58 Å². The lowest BCUT2D eigenvalue weighted by atomic mass is 9.85. The molecular weight excluding hydrogens is 132 g/mol. The average molecular weight is 150 g/mol. The first-order valence-electron chi connectivity index (χ1n) is 4.48. The topological polar surface area (TPSA) is 0 Å². The van der Waals surface area contributed by atoms with Crippen molar-refractivity contribution in [2.75, 3.05) is 0 Å². The lowest BCUT2D eigenvalue weighted by Gasteiger charge is -2.20. The second kappa shape index (κ2) is 3.75. The normalized spacial score (nSPS) is 24.5. The quantitative estimate of drug-likeness (QED) is 0.526. The van der Waals surface area contributed by atoms with Crippen LogP contribution in [0, 0.1) is 5.92 Å². The highest BCUT2D eigenvalue weighted by molar-refractivity contribution is 5.05. The Balaban J connectivity index is 2.38. The summed E-state index contributed by atoms with van der Waals surface area (Å²) in [6.45, 7) is 8.33. The summed E-state index contributed by atoms with van der Waals surface area (Å²) < 4.78 is 0. The Bertz CT molecular complexity index is 174. The number of rotatable bonds is 2. The number of allylic oxidation sites excluding steroid dienone is 3. The third-order valence-corrected chi connectivity index (χ3v) is 2.32. The van der Waals surface area contributed by atoms with E-state index in [4.69, 9.17) is 0 Å². The summed E-state index contributed by atoms with van der Waals surface area (Å²) in [6, 6.07) is 0. The van der Waals surface area contributed by atoms with Gasteiger partial charge in [-0.3, -0.25) is 0 Å². The maximum Gasteiger partial charge on any atom is -0.0291 e. The van der Waals surface area contributed by atoms with Crippen molar-refractivity contribution in [3.05, 3.63) is 23.8 Å². The van der Waals surface area contributed by atoms with Crippen LogP contribution in [0.15, 0.2) is 23.8 Å². The summed E-state index contributed by atoms with van der Waals surface area (Å²) in [7, 11) is 0. The van der Waals surface area contributed by atoms with Crippen molar-refractivity contribution in [1.29, 1.82) is 0 Å². The first kappa shape index (κ1) is 8.58. The molecule has 0 unspecified atom stereocenters. The first-order valence-corrected chi connectivity index (χ1v) is 4.48. The van der Waals surface area contributed by atoms with E-state index in [-0.39, 0.29) is 0 Å². The Morgan fingerprint density at radius 3 is 3.00 bits per heavy atom. The Morgan fingerprint density at radius 1 is 1.73 bits per heavy atom. The predicted octanol–water partition coefficient (Wildman–Crippen LogP) is 3.70. The molecule has 11 heavy (non-hydrogen) atoms. The van der Waals surface area contributed by atoms with Gasteiger partial charge in [0.05, 0.1) is 0 Å². The van der Waals surface area contributed by atoms with E-state index in [1.807, 2.05) is 0 Å². The van der Waals surface area contributed by atoms with E-state index < -0.39 is 0 Å². The van der Waals surface area contributed by atoms with Gasteiger partial charge >= 0.3 is 0 Å². The molecule has 0 bridgehead atoms. The molecule has 0 heterocycles. The molecule has 0 spiro atoms. The Kier molecular flexibility index (Phi) is 2.92. The first-order chi connectivity index (χ1) is 5.18. The highest BCUT2D eigenvalue weighted by Crippen LogP contribution is 2.28. The van der Waals surface area contributed by atoms with Crippen LogP contribution in [0.3, 0.4) is 0 Å². The molecule has 0 nitrogen and oxygen atoms in total. The molecule has 0 aromatic rings. The average Bonchev–Trinajstić information content (AvgIpc) is 1.85. The smallest absolute Gasteiger partial charge is 0.0291 e. The number of hydrogen-bond acceptors (Lipinski definition) is 0. The maximum atomic E-state index is 3.95. The van der Waals surface area contributed by atoms with Crippen molar-refractivity contribution in [2.45, 2.75) is 39.5 Å². The summed E-state index contributed by atoms with van der Waals surface area (Å²) in [6.07, 6.45) is 7.54.